The Balaban J connectivity index is 2.31. The summed E-state index contributed by atoms with van der Waals surface area (Å²) < 4.78 is 7.51. The first kappa shape index (κ1) is 12.7. The zero-order valence-corrected chi connectivity index (χ0v) is 12.5. The first-order chi connectivity index (χ1) is 8.06. The van der Waals surface area contributed by atoms with Crippen LogP contribution in [0, 0.1) is 0 Å². The first-order valence-corrected chi connectivity index (χ1v) is 6.70. The van der Waals surface area contributed by atoms with Gasteiger partial charge in [-0.1, -0.05) is 27.5 Å². The third-order valence-corrected chi connectivity index (χ3v) is 3.48. The van der Waals surface area contributed by atoms with Crippen LogP contribution in [-0.4, -0.2) is 0 Å². The quantitative estimate of drug-likeness (QED) is 0.727. The molecule has 0 fully saturated rings. The van der Waals surface area contributed by atoms with Gasteiger partial charge in [0, 0.05) is 10.2 Å². The second kappa shape index (κ2) is 5.29. The van der Waals surface area contributed by atoms with E-state index >= 15 is 0 Å². The van der Waals surface area contributed by atoms with Crippen LogP contribution in [0.2, 0.25) is 5.02 Å². The van der Waals surface area contributed by atoms with E-state index in [0.29, 0.717) is 22.2 Å². The van der Waals surface area contributed by atoms with Crippen molar-refractivity contribution in [3.05, 3.63) is 50.4 Å². The first-order valence-electron chi connectivity index (χ1n) is 4.74. The maximum atomic E-state index is 6.03. The maximum Gasteiger partial charge on any atom is 0.146 e. The molecule has 2 aromatic rings. The number of ether oxygens (including phenoxy) is 1. The van der Waals surface area contributed by atoms with Crippen molar-refractivity contribution < 1.29 is 4.74 Å². The van der Waals surface area contributed by atoms with E-state index in [1.807, 2.05) is 18.2 Å². The van der Waals surface area contributed by atoms with Crippen molar-refractivity contribution >= 4 is 49.1 Å². The Morgan fingerprint density at radius 2 is 1.71 bits per heavy atom. The summed E-state index contributed by atoms with van der Waals surface area (Å²) in [5.41, 5.74) is 6.22. The molecule has 5 heteroatoms. The van der Waals surface area contributed by atoms with Crippen LogP contribution < -0.4 is 10.5 Å². The fraction of sp³-hybridized carbons (Fsp3) is 0. The lowest BCUT2D eigenvalue weighted by atomic mass is 10.3. The molecule has 0 aliphatic carbocycles. The van der Waals surface area contributed by atoms with Gasteiger partial charge in [-0.05, 0) is 52.3 Å². The largest absolute Gasteiger partial charge is 0.455 e. The Bertz CT molecular complexity index is 511. The molecule has 17 heavy (non-hydrogen) atoms. The Labute approximate surface area is 121 Å². The van der Waals surface area contributed by atoms with Crippen LogP contribution in [-0.2, 0) is 0 Å². The summed E-state index contributed by atoms with van der Waals surface area (Å²) in [4.78, 5) is 0. The number of hydrogen-bond acceptors (Lipinski definition) is 2. The second-order valence-electron chi connectivity index (χ2n) is 3.37. The second-order valence-corrected chi connectivity index (χ2v) is 5.54. The molecular weight excluding hydrogens is 369 g/mol. The van der Waals surface area contributed by atoms with Crippen LogP contribution in [0.5, 0.6) is 11.5 Å². The highest BCUT2D eigenvalue weighted by molar-refractivity contribution is 9.11. The van der Waals surface area contributed by atoms with Gasteiger partial charge in [-0.2, -0.15) is 0 Å². The van der Waals surface area contributed by atoms with E-state index in [4.69, 9.17) is 22.1 Å². The van der Waals surface area contributed by atoms with Gasteiger partial charge in [0.25, 0.3) is 0 Å². The lowest BCUT2D eigenvalue weighted by Gasteiger charge is -2.09. The van der Waals surface area contributed by atoms with Gasteiger partial charge in [-0.25, -0.2) is 0 Å². The van der Waals surface area contributed by atoms with Crippen molar-refractivity contribution in [3.8, 4) is 11.5 Å². The summed E-state index contributed by atoms with van der Waals surface area (Å²) in [6.45, 7) is 0. The van der Waals surface area contributed by atoms with Crippen molar-refractivity contribution in [1.29, 1.82) is 0 Å². The van der Waals surface area contributed by atoms with E-state index < -0.39 is 0 Å². The summed E-state index contributed by atoms with van der Waals surface area (Å²) >= 11 is 12.8. The average molecular weight is 377 g/mol. The fourth-order valence-electron chi connectivity index (χ4n) is 1.28. The van der Waals surface area contributed by atoms with Crippen LogP contribution in [0.1, 0.15) is 0 Å². The van der Waals surface area contributed by atoms with Crippen LogP contribution >= 0.6 is 43.5 Å². The van der Waals surface area contributed by atoms with Crippen LogP contribution in [0.15, 0.2) is 45.3 Å². The molecule has 0 spiro atoms. The van der Waals surface area contributed by atoms with Crippen LogP contribution in [0.3, 0.4) is 0 Å². The highest BCUT2D eigenvalue weighted by Gasteiger charge is 2.06. The Morgan fingerprint density at radius 3 is 2.35 bits per heavy atom. The molecule has 0 aliphatic rings. The lowest BCUT2D eigenvalue weighted by molar-refractivity contribution is 0.480. The minimum atomic E-state index is 0.486. The smallest absolute Gasteiger partial charge is 0.146 e. The van der Waals surface area contributed by atoms with Gasteiger partial charge < -0.3 is 10.5 Å². The Kier molecular flexibility index (Phi) is 3.97. The molecule has 0 heterocycles. The molecule has 88 valence electrons. The third-order valence-electron chi connectivity index (χ3n) is 2.07. The van der Waals surface area contributed by atoms with Gasteiger partial charge in [0.15, 0.2) is 0 Å². The number of benzene rings is 2. The summed E-state index contributed by atoms with van der Waals surface area (Å²) in [6.07, 6.45) is 0. The van der Waals surface area contributed by atoms with Gasteiger partial charge in [-0.15, -0.1) is 0 Å². The van der Waals surface area contributed by atoms with Crippen LogP contribution in [0.4, 0.5) is 5.69 Å². The van der Waals surface area contributed by atoms with Gasteiger partial charge in [0.2, 0.25) is 0 Å². The van der Waals surface area contributed by atoms with Gasteiger partial charge in [-0.3, -0.25) is 0 Å². The molecule has 0 atom stereocenters. The summed E-state index contributed by atoms with van der Waals surface area (Å²) in [5.74, 6) is 1.27. The average Bonchev–Trinajstić information content (AvgIpc) is 2.25. The molecule has 0 unspecified atom stereocenters. The van der Waals surface area contributed by atoms with Crippen LogP contribution in [0.25, 0.3) is 0 Å². The molecule has 0 radical (unpaired) electrons. The zero-order valence-electron chi connectivity index (χ0n) is 8.58. The molecule has 0 bridgehead atoms. The molecule has 0 aromatic heterocycles. The highest BCUT2D eigenvalue weighted by atomic mass is 79.9. The van der Waals surface area contributed by atoms with E-state index in [9.17, 15) is 0 Å². The maximum absolute atomic E-state index is 6.03. The summed E-state index contributed by atoms with van der Waals surface area (Å²) in [5, 5.41) is 0.486. The molecule has 2 aromatic carbocycles. The van der Waals surface area contributed by atoms with E-state index in [-0.39, 0.29) is 0 Å². The SMILES string of the molecule is Nc1ccc(Oc2ccc(Br)cc2Br)c(Cl)c1. The number of hydrogen-bond donors (Lipinski definition) is 1. The van der Waals surface area contributed by atoms with Gasteiger partial charge in [0.1, 0.15) is 11.5 Å². The Morgan fingerprint density at radius 1 is 1.00 bits per heavy atom. The van der Waals surface area contributed by atoms with E-state index in [1.54, 1.807) is 18.2 Å². The minimum absolute atomic E-state index is 0.486. The number of rotatable bonds is 2. The van der Waals surface area contributed by atoms with Gasteiger partial charge in [0.05, 0.1) is 9.50 Å². The molecule has 0 aliphatic heterocycles. The van der Waals surface area contributed by atoms with Gasteiger partial charge >= 0.3 is 0 Å². The number of halogens is 3. The van der Waals surface area contributed by atoms with Crippen molar-refractivity contribution in [1.82, 2.24) is 0 Å². The minimum Gasteiger partial charge on any atom is -0.455 e. The van der Waals surface area contributed by atoms with Crippen molar-refractivity contribution in [2.24, 2.45) is 0 Å². The molecule has 0 amide bonds. The molecule has 0 saturated carbocycles. The van der Waals surface area contributed by atoms with Crippen molar-refractivity contribution in [2.45, 2.75) is 0 Å². The highest BCUT2D eigenvalue weighted by Crippen LogP contribution is 2.35. The van der Waals surface area contributed by atoms with Crippen molar-refractivity contribution in [2.75, 3.05) is 5.73 Å². The monoisotopic (exact) mass is 375 g/mol. The standard InChI is InChI=1S/C12H8Br2ClNO/c13-7-1-3-11(9(14)5-7)17-12-4-2-8(16)6-10(12)15/h1-6H,16H2. The van der Waals surface area contributed by atoms with E-state index in [0.717, 1.165) is 8.95 Å². The molecular formula is C12H8Br2ClNO. The molecule has 2 rings (SSSR count). The van der Waals surface area contributed by atoms with Crippen molar-refractivity contribution in [3.63, 3.8) is 0 Å². The lowest BCUT2D eigenvalue weighted by Crippen LogP contribution is -1.89. The third kappa shape index (κ3) is 3.15. The van der Waals surface area contributed by atoms with E-state index in [1.165, 1.54) is 0 Å². The summed E-state index contributed by atoms with van der Waals surface area (Å²) in [7, 11) is 0. The predicted octanol–water partition coefficient (Wildman–Crippen LogP) is 5.24. The Hall–Kier alpha value is -0.710. The number of nitrogens with two attached hydrogens (primary N) is 1. The van der Waals surface area contributed by atoms with E-state index in [2.05, 4.69) is 31.9 Å². The topological polar surface area (TPSA) is 35.2 Å². The fourth-order valence-corrected chi connectivity index (χ4v) is 2.63. The molecule has 2 nitrogen and oxygen atoms in total. The molecule has 2 N–H and O–H groups in total. The number of nitrogen functional groups attached to an aromatic ring is 1. The normalized spacial score (nSPS) is 10.3. The predicted molar refractivity (Wildman–Crippen MR) is 77.8 cm³/mol. The zero-order chi connectivity index (χ0) is 12.4. The molecule has 0 saturated heterocycles. The summed E-state index contributed by atoms with van der Waals surface area (Å²) in [6, 6.07) is 10.8. The number of anilines is 1.